The van der Waals surface area contributed by atoms with Gasteiger partial charge in [0.05, 0.1) is 79.3 Å². The monoisotopic (exact) mass is 529 g/mol. The van der Waals surface area contributed by atoms with Crippen molar-refractivity contribution in [3.63, 3.8) is 0 Å². The molecule has 0 aliphatic heterocycles. The molecule has 11 heteroatoms. The smallest absolute Gasteiger partial charge is 0.407 e. The number of alkyl carbamates (subject to hydrolysis) is 1. The van der Waals surface area contributed by atoms with Crippen molar-refractivity contribution >= 4 is 12.4 Å². The Labute approximate surface area is 220 Å². The van der Waals surface area contributed by atoms with Gasteiger partial charge in [-0.3, -0.25) is 4.79 Å². The first-order chi connectivity index (χ1) is 17.9. The second kappa shape index (κ2) is 21.8. The molecule has 11 nitrogen and oxygen atoms in total. The highest BCUT2D eigenvalue weighted by Crippen LogP contribution is 2.10. The van der Waals surface area contributed by atoms with Crippen molar-refractivity contribution in [2.24, 2.45) is 0 Å². The van der Waals surface area contributed by atoms with Gasteiger partial charge in [-0.15, -0.1) is 0 Å². The van der Waals surface area contributed by atoms with Gasteiger partial charge in [-0.25, -0.2) is 4.79 Å². The predicted octanol–water partition coefficient (Wildman–Crippen LogP) is 2.50. The summed E-state index contributed by atoms with van der Waals surface area (Å²) in [6, 6.07) is 6.92. The summed E-state index contributed by atoms with van der Waals surface area (Å²) in [4.78, 5) is 22.1. The first-order valence-corrected chi connectivity index (χ1v) is 12.5. The number of rotatable bonds is 23. The number of benzene rings is 1. The molecule has 0 saturated heterocycles. The summed E-state index contributed by atoms with van der Waals surface area (Å²) < 4.78 is 43.2. The van der Waals surface area contributed by atoms with Gasteiger partial charge >= 0.3 is 6.09 Å². The van der Waals surface area contributed by atoms with Crippen molar-refractivity contribution in [1.82, 2.24) is 5.32 Å². The molecule has 0 fully saturated rings. The van der Waals surface area contributed by atoms with Gasteiger partial charge in [0, 0.05) is 12.1 Å². The maximum absolute atomic E-state index is 11.5. The summed E-state index contributed by atoms with van der Waals surface area (Å²) in [5.41, 5.74) is 0.106. The van der Waals surface area contributed by atoms with E-state index in [2.05, 4.69) is 5.32 Å². The topological polar surface area (TPSA) is 120 Å². The van der Waals surface area contributed by atoms with E-state index in [1.807, 2.05) is 20.8 Å². The van der Waals surface area contributed by atoms with Crippen LogP contribution in [0.4, 0.5) is 4.79 Å². The van der Waals surface area contributed by atoms with E-state index >= 15 is 0 Å². The number of nitrogens with one attached hydrogen (secondary N) is 1. The SMILES string of the molecule is CC(C)(C)OC(=O)NCCOCCOCCOCCOCCOCCOCCOc1ccc(C=O)cc1. The van der Waals surface area contributed by atoms with Crippen LogP contribution in [0.1, 0.15) is 31.1 Å². The number of ether oxygens (including phenoxy) is 8. The van der Waals surface area contributed by atoms with Crippen molar-refractivity contribution in [2.45, 2.75) is 26.4 Å². The van der Waals surface area contributed by atoms with E-state index in [1.54, 1.807) is 24.3 Å². The molecule has 0 unspecified atom stereocenters. The summed E-state index contributed by atoms with van der Waals surface area (Å²) in [5, 5.41) is 2.62. The van der Waals surface area contributed by atoms with Gasteiger partial charge in [0.15, 0.2) is 0 Å². The zero-order valence-electron chi connectivity index (χ0n) is 22.4. The molecule has 0 bridgehead atoms. The normalized spacial score (nSPS) is 11.3. The summed E-state index contributed by atoms with van der Waals surface area (Å²) in [6.45, 7) is 11.8. The molecular formula is C26H43NO10. The Balaban J connectivity index is 1.72. The molecule has 1 rings (SSSR count). The maximum Gasteiger partial charge on any atom is 0.407 e. The van der Waals surface area contributed by atoms with Crippen molar-refractivity contribution < 1.29 is 47.5 Å². The highest BCUT2D eigenvalue weighted by Gasteiger charge is 2.15. The van der Waals surface area contributed by atoms with Crippen molar-refractivity contribution in [3.8, 4) is 5.75 Å². The summed E-state index contributed by atoms with van der Waals surface area (Å²) >= 11 is 0. The molecule has 0 heterocycles. The minimum atomic E-state index is -0.510. The van der Waals surface area contributed by atoms with Crippen LogP contribution < -0.4 is 10.1 Å². The number of carbonyl (C=O) groups excluding carboxylic acids is 2. The predicted molar refractivity (Wildman–Crippen MR) is 136 cm³/mol. The van der Waals surface area contributed by atoms with Gasteiger partial charge in [0.2, 0.25) is 0 Å². The largest absolute Gasteiger partial charge is 0.491 e. The molecule has 212 valence electrons. The molecule has 37 heavy (non-hydrogen) atoms. The fourth-order valence-corrected chi connectivity index (χ4v) is 2.60. The quantitative estimate of drug-likeness (QED) is 0.167. The molecule has 1 amide bonds. The van der Waals surface area contributed by atoms with Crippen molar-refractivity contribution in [3.05, 3.63) is 29.8 Å². The third kappa shape index (κ3) is 21.5. The molecule has 0 aliphatic carbocycles. The van der Waals surface area contributed by atoms with Crippen LogP contribution in [0.15, 0.2) is 24.3 Å². The van der Waals surface area contributed by atoms with E-state index < -0.39 is 11.7 Å². The van der Waals surface area contributed by atoms with E-state index in [9.17, 15) is 9.59 Å². The van der Waals surface area contributed by atoms with Gasteiger partial charge in [0.25, 0.3) is 0 Å². The molecule has 1 aromatic rings. The minimum Gasteiger partial charge on any atom is -0.491 e. The Kier molecular flexibility index (Phi) is 19.3. The van der Waals surface area contributed by atoms with Crippen LogP contribution in [0, 0.1) is 0 Å². The number of hydrogen-bond acceptors (Lipinski definition) is 10. The lowest BCUT2D eigenvalue weighted by Crippen LogP contribution is -2.34. The van der Waals surface area contributed by atoms with Crippen molar-refractivity contribution in [1.29, 1.82) is 0 Å². The molecule has 0 aromatic heterocycles. The Bertz CT molecular complexity index is 694. The van der Waals surface area contributed by atoms with Gasteiger partial charge in [-0.2, -0.15) is 0 Å². The molecule has 0 radical (unpaired) electrons. The zero-order chi connectivity index (χ0) is 27.0. The second-order valence-corrected chi connectivity index (χ2v) is 8.64. The van der Waals surface area contributed by atoms with Crippen LogP contribution in [-0.4, -0.2) is 110 Å². The number of hydrogen-bond donors (Lipinski definition) is 1. The molecule has 0 aliphatic rings. The van der Waals surface area contributed by atoms with Crippen LogP contribution in [-0.2, 0) is 33.2 Å². The first kappa shape index (κ1) is 32.7. The van der Waals surface area contributed by atoms with Gasteiger partial charge in [0.1, 0.15) is 24.2 Å². The summed E-state index contributed by atoms with van der Waals surface area (Å²) in [7, 11) is 0. The lowest BCUT2D eigenvalue weighted by molar-refractivity contribution is -0.0177. The highest BCUT2D eigenvalue weighted by atomic mass is 16.6. The fraction of sp³-hybridized carbons (Fsp3) is 0.692. The van der Waals surface area contributed by atoms with Crippen molar-refractivity contribution in [2.75, 3.05) is 92.4 Å². The Morgan fingerprint density at radius 1 is 0.676 bits per heavy atom. The molecule has 1 aromatic carbocycles. The summed E-state index contributed by atoms with van der Waals surface area (Å²) in [5.74, 6) is 0.701. The molecule has 0 atom stereocenters. The van der Waals surface area contributed by atoms with E-state index in [0.717, 1.165) is 6.29 Å². The minimum absolute atomic E-state index is 0.383. The van der Waals surface area contributed by atoms with Crippen LogP contribution in [0.25, 0.3) is 0 Å². The third-order valence-corrected chi connectivity index (χ3v) is 4.29. The van der Waals surface area contributed by atoms with Gasteiger partial charge in [-0.1, -0.05) is 0 Å². The molecule has 0 saturated carbocycles. The third-order valence-electron chi connectivity index (χ3n) is 4.29. The molecule has 0 spiro atoms. The number of aldehydes is 1. The first-order valence-electron chi connectivity index (χ1n) is 12.5. The lowest BCUT2D eigenvalue weighted by Gasteiger charge is -2.19. The van der Waals surface area contributed by atoms with Crippen LogP contribution in [0.3, 0.4) is 0 Å². The molecular weight excluding hydrogens is 486 g/mol. The average molecular weight is 530 g/mol. The van der Waals surface area contributed by atoms with E-state index in [0.29, 0.717) is 104 Å². The summed E-state index contributed by atoms with van der Waals surface area (Å²) in [6.07, 6.45) is 0.341. The zero-order valence-corrected chi connectivity index (χ0v) is 22.4. The van der Waals surface area contributed by atoms with Gasteiger partial charge in [-0.05, 0) is 45.0 Å². The van der Waals surface area contributed by atoms with Crippen LogP contribution in [0.5, 0.6) is 5.75 Å². The fourth-order valence-electron chi connectivity index (χ4n) is 2.60. The van der Waals surface area contributed by atoms with Gasteiger partial charge < -0.3 is 43.2 Å². The Morgan fingerprint density at radius 2 is 1.08 bits per heavy atom. The van der Waals surface area contributed by atoms with Crippen LogP contribution in [0.2, 0.25) is 0 Å². The molecule has 1 N–H and O–H groups in total. The maximum atomic E-state index is 11.5. The van der Waals surface area contributed by atoms with Crippen LogP contribution >= 0.6 is 0 Å². The van der Waals surface area contributed by atoms with E-state index in [1.165, 1.54) is 0 Å². The number of carbonyl (C=O) groups is 2. The second-order valence-electron chi connectivity index (χ2n) is 8.64. The standard InChI is InChI=1S/C26H43NO10/c1-26(2,3)37-25(29)27-8-9-30-10-11-31-12-13-32-14-15-33-16-17-34-18-19-35-20-21-36-24-6-4-23(22-28)5-7-24/h4-7,22H,8-21H2,1-3H3,(H,27,29). The average Bonchev–Trinajstić information content (AvgIpc) is 2.86. The Hall–Kier alpha value is -2.28. The lowest BCUT2D eigenvalue weighted by atomic mass is 10.2. The van der Waals surface area contributed by atoms with E-state index in [4.69, 9.17) is 37.9 Å². The number of amides is 1. The Morgan fingerprint density at radius 3 is 1.49 bits per heavy atom. The highest BCUT2D eigenvalue weighted by molar-refractivity contribution is 5.74. The van der Waals surface area contributed by atoms with E-state index in [-0.39, 0.29) is 0 Å².